The zero-order valence-corrected chi connectivity index (χ0v) is 15.8. The zero-order valence-electron chi connectivity index (χ0n) is 15.8. The molecule has 0 saturated carbocycles. The summed E-state index contributed by atoms with van der Waals surface area (Å²) in [6.45, 7) is 11.2. The van der Waals surface area contributed by atoms with Gasteiger partial charge in [-0.15, -0.1) is 0 Å². The number of carbonyl (C=O) groups is 1. The van der Waals surface area contributed by atoms with Crippen LogP contribution >= 0.6 is 0 Å². The molecule has 0 N–H and O–H groups in total. The van der Waals surface area contributed by atoms with E-state index in [1.165, 1.54) is 24.0 Å². The third-order valence-corrected chi connectivity index (χ3v) is 5.75. The summed E-state index contributed by atoms with van der Waals surface area (Å²) < 4.78 is 0. The average molecular weight is 338 g/mol. The fourth-order valence-corrected chi connectivity index (χ4v) is 4.34. The van der Waals surface area contributed by atoms with Crippen LogP contribution in [0.4, 0.5) is 0 Å². The van der Waals surface area contributed by atoms with Gasteiger partial charge in [-0.25, -0.2) is 0 Å². The minimum Gasteiger partial charge on any atom is -0.331 e. The van der Waals surface area contributed by atoms with Crippen LogP contribution in [0.5, 0.6) is 0 Å². The summed E-state index contributed by atoms with van der Waals surface area (Å²) >= 11 is 0. The van der Waals surface area contributed by atoms with Gasteiger partial charge in [0.1, 0.15) is 0 Å². The first-order valence-electron chi connectivity index (χ1n) is 9.54. The molecule has 0 bridgehead atoms. The Labute approximate surface area is 152 Å². The van der Waals surface area contributed by atoms with Crippen LogP contribution in [0, 0.1) is 17.3 Å². The van der Waals surface area contributed by atoms with E-state index in [2.05, 4.69) is 54.9 Å². The van der Waals surface area contributed by atoms with Gasteiger partial charge in [0, 0.05) is 31.6 Å². The number of piperidine rings is 1. The molecule has 0 aromatic heterocycles. The van der Waals surface area contributed by atoms with E-state index < -0.39 is 0 Å². The van der Waals surface area contributed by atoms with Crippen LogP contribution in [0.15, 0.2) is 24.3 Å². The quantitative estimate of drug-likeness (QED) is 0.786. The molecule has 2 aliphatic heterocycles. The molecule has 3 nitrogen and oxygen atoms in total. The minimum absolute atomic E-state index is 0.000715. The van der Waals surface area contributed by atoms with Gasteiger partial charge < -0.3 is 4.90 Å². The summed E-state index contributed by atoms with van der Waals surface area (Å²) in [6.07, 6.45) is 3.58. The van der Waals surface area contributed by atoms with Gasteiger partial charge in [0.05, 0.1) is 0 Å². The van der Waals surface area contributed by atoms with Crippen molar-refractivity contribution in [2.24, 2.45) is 5.41 Å². The summed E-state index contributed by atoms with van der Waals surface area (Å²) in [4.78, 5) is 16.6. The lowest BCUT2D eigenvalue weighted by molar-refractivity contribution is -0.124. The van der Waals surface area contributed by atoms with Gasteiger partial charge in [-0.3, -0.25) is 9.69 Å². The second-order valence-corrected chi connectivity index (χ2v) is 8.06. The van der Waals surface area contributed by atoms with E-state index in [-0.39, 0.29) is 11.3 Å². The Balaban J connectivity index is 1.61. The van der Waals surface area contributed by atoms with Gasteiger partial charge >= 0.3 is 0 Å². The molecule has 1 amide bonds. The Hall–Kier alpha value is -1.79. The van der Waals surface area contributed by atoms with E-state index in [9.17, 15) is 4.79 Å². The molecule has 2 fully saturated rings. The molecule has 134 valence electrons. The molecule has 1 aromatic carbocycles. The smallest absolute Gasteiger partial charge is 0.298 e. The summed E-state index contributed by atoms with van der Waals surface area (Å²) in [5, 5.41) is 0. The predicted octanol–water partition coefficient (Wildman–Crippen LogP) is 3.65. The van der Waals surface area contributed by atoms with Crippen molar-refractivity contribution in [3.63, 3.8) is 0 Å². The molecule has 2 aliphatic rings. The van der Waals surface area contributed by atoms with E-state index in [0.717, 1.165) is 39.1 Å². The fraction of sp³-hybridized carbons (Fsp3) is 0.591. The first-order chi connectivity index (χ1) is 12.0. The van der Waals surface area contributed by atoms with Crippen molar-refractivity contribution < 1.29 is 4.79 Å². The van der Waals surface area contributed by atoms with Gasteiger partial charge in [0.2, 0.25) is 0 Å². The van der Waals surface area contributed by atoms with Crippen molar-refractivity contribution in [1.82, 2.24) is 9.80 Å². The minimum atomic E-state index is 0.000715. The Morgan fingerprint density at radius 3 is 2.60 bits per heavy atom. The average Bonchev–Trinajstić information content (AvgIpc) is 2.99. The van der Waals surface area contributed by atoms with E-state index in [1.807, 2.05) is 4.90 Å². The number of hydrogen-bond donors (Lipinski definition) is 0. The van der Waals surface area contributed by atoms with E-state index >= 15 is 0 Å². The van der Waals surface area contributed by atoms with E-state index in [4.69, 9.17) is 0 Å². The van der Waals surface area contributed by atoms with Crippen LogP contribution in [0.3, 0.4) is 0 Å². The second kappa shape index (κ2) is 7.62. The topological polar surface area (TPSA) is 23.6 Å². The molecule has 0 radical (unpaired) electrons. The van der Waals surface area contributed by atoms with Crippen LogP contribution in [0.2, 0.25) is 0 Å². The van der Waals surface area contributed by atoms with Crippen molar-refractivity contribution in [2.75, 3.05) is 26.2 Å². The predicted molar refractivity (Wildman–Crippen MR) is 102 cm³/mol. The highest BCUT2D eigenvalue weighted by atomic mass is 16.2. The Morgan fingerprint density at radius 1 is 1.16 bits per heavy atom. The summed E-state index contributed by atoms with van der Waals surface area (Å²) in [6, 6.07) is 9.08. The summed E-state index contributed by atoms with van der Waals surface area (Å²) in [5.74, 6) is 6.02. The zero-order chi connectivity index (χ0) is 17.9. The number of likely N-dealkylation sites (tertiary alicyclic amines) is 2. The number of carbonyl (C=O) groups excluding carboxylic acids is 1. The monoisotopic (exact) mass is 338 g/mol. The molecular weight excluding hydrogens is 308 g/mol. The maximum absolute atomic E-state index is 12.1. The van der Waals surface area contributed by atoms with Gasteiger partial charge in [0.25, 0.3) is 5.91 Å². The van der Waals surface area contributed by atoms with Crippen LogP contribution in [0.1, 0.15) is 57.1 Å². The lowest BCUT2D eigenvalue weighted by Crippen LogP contribution is -2.44. The number of nitrogens with zero attached hydrogens (tertiary/aromatic N) is 2. The Bertz CT molecular complexity index is 668. The van der Waals surface area contributed by atoms with Gasteiger partial charge in [-0.1, -0.05) is 44.0 Å². The third kappa shape index (κ3) is 4.25. The number of benzene rings is 1. The van der Waals surface area contributed by atoms with Crippen LogP contribution in [-0.2, 0) is 11.3 Å². The van der Waals surface area contributed by atoms with Gasteiger partial charge in [-0.2, -0.15) is 0 Å². The molecule has 2 saturated heterocycles. The van der Waals surface area contributed by atoms with Crippen molar-refractivity contribution in [3.8, 4) is 11.8 Å². The fourth-order valence-electron chi connectivity index (χ4n) is 4.34. The highest BCUT2D eigenvalue weighted by Crippen LogP contribution is 2.39. The van der Waals surface area contributed by atoms with Crippen LogP contribution in [-0.4, -0.2) is 41.9 Å². The highest BCUT2D eigenvalue weighted by Gasteiger charge is 2.42. The number of hydrogen-bond acceptors (Lipinski definition) is 2. The highest BCUT2D eigenvalue weighted by molar-refractivity contribution is 5.93. The summed E-state index contributed by atoms with van der Waals surface area (Å²) in [5.41, 5.74) is 3.08. The summed E-state index contributed by atoms with van der Waals surface area (Å²) in [7, 11) is 0. The molecule has 2 heterocycles. The molecule has 1 aromatic rings. The first-order valence-corrected chi connectivity index (χ1v) is 9.54. The normalized spacial score (nSPS) is 23.8. The lowest BCUT2D eigenvalue weighted by Gasteiger charge is -2.40. The van der Waals surface area contributed by atoms with Crippen LogP contribution < -0.4 is 0 Å². The van der Waals surface area contributed by atoms with Crippen molar-refractivity contribution in [2.45, 2.75) is 52.5 Å². The van der Waals surface area contributed by atoms with Crippen LogP contribution in [0.25, 0.3) is 0 Å². The molecule has 1 atom stereocenters. The first kappa shape index (κ1) is 18.0. The van der Waals surface area contributed by atoms with Crippen molar-refractivity contribution in [1.29, 1.82) is 0 Å². The maximum atomic E-state index is 12.1. The molecule has 3 rings (SSSR count). The standard InChI is InChI=1S/C22H30N2O/c1-4-6-21(25)24-14-12-22(17-24)11-5-13-23(16-22)15-19-7-9-20(10-8-19)18(2)3/h7-10,18H,5,11-17H2,1-3H3. The number of amides is 1. The molecule has 1 spiro atoms. The Morgan fingerprint density at radius 2 is 1.92 bits per heavy atom. The maximum Gasteiger partial charge on any atom is 0.298 e. The molecule has 0 aliphatic carbocycles. The van der Waals surface area contributed by atoms with E-state index in [0.29, 0.717) is 5.92 Å². The van der Waals surface area contributed by atoms with Gasteiger partial charge in [0.15, 0.2) is 0 Å². The van der Waals surface area contributed by atoms with Crippen molar-refractivity contribution >= 4 is 5.91 Å². The molecule has 1 unspecified atom stereocenters. The third-order valence-electron chi connectivity index (χ3n) is 5.75. The largest absolute Gasteiger partial charge is 0.331 e. The SMILES string of the molecule is CC#CC(=O)N1CCC2(CCCN(Cc3ccc(C(C)C)cc3)C2)C1. The molecular formula is C22H30N2O. The lowest BCUT2D eigenvalue weighted by atomic mass is 9.79. The van der Waals surface area contributed by atoms with E-state index in [1.54, 1.807) is 6.92 Å². The van der Waals surface area contributed by atoms with Crippen molar-refractivity contribution in [3.05, 3.63) is 35.4 Å². The van der Waals surface area contributed by atoms with Gasteiger partial charge in [-0.05, 0) is 55.7 Å². The molecule has 3 heteroatoms. The second-order valence-electron chi connectivity index (χ2n) is 8.06. The Kier molecular flexibility index (Phi) is 5.49. The molecule has 25 heavy (non-hydrogen) atoms. The number of rotatable bonds is 3.